The maximum absolute atomic E-state index is 11.5. The predicted octanol–water partition coefficient (Wildman–Crippen LogP) is 2.53. The molecule has 1 saturated carbocycles. The molecular weight excluding hydrogens is 294 g/mol. The fourth-order valence-electron chi connectivity index (χ4n) is 2.91. The largest absolute Gasteiger partial charge is 0.491 e. The number of carbonyl (C=O) groups excluding carboxylic acids is 1. The number of nitrogens with one attached hydrogen (secondary N) is 1. The smallest absolute Gasteiger partial charge is 0.308 e. The monoisotopic (exact) mass is 321 g/mol. The van der Waals surface area contributed by atoms with Gasteiger partial charge in [0.15, 0.2) is 0 Å². The highest BCUT2D eigenvalue weighted by atomic mass is 16.5. The molecule has 128 valence electrons. The summed E-state index contributed by atoms with van der Waals surface area (Å²) >= 11 is 0. The molecule has 0 amide bonds. The molecule has 0 radical (unpaired) electrons. The van der Waals surface area contributed by atoms with Crippen molar-refractivity contribution >= 4 is 5.97 Å². The number of esters is 1. The first-order chi connectivity index (χ1) is 11.2. The van der Waals surface area contributed by atoms with Crippen LogP contribution in [0.2, 0.25) is 0 Å². The third-order valence-electron chi connectivity index (χ3n) is 4.34. The van der Waals surface area contributed by atoms with Gasteiger partial charge < -0.3 is 19.5 Å². The Morgan fingerprint density at radius 1 is 1.09 bits per heavy atom. The molecular formula is C18H27NO4. The first kappa shape index (κ1) is 17.8. The Bertz CT molecular complexity index is 466. The van der Waals surface area contributed by atoms with Crippen molar-refractivity contribution < 1.29 is 19.0 Å². The van der Waals surface area contributed by atoms with E-state index in [9.17, 15) is 4.79 Å². The molecule has 1 aromatic rings. The maximum Gasteiger partial charge on any atom is 0.308 e. The standard InChI is InChI=1S/C18H27NO4/c1-21-11-12-23-17-9-3-14(4-10-17)13-19-16-7-5-15(6-8-16)18(20)22-2/h3-4,9-10,15-16,19H,5-8,11-13H2,1-2H3. The summed E-state index contributed by atoms with van der Waals surface area (Å²) in [6.45, 7) is 2.00. The molecule has 5 nitrogen and oxygen atoms in total. The van der Waals surface area contributed by atoms with Gasteiger partial charge in [0, 0.05) is 19.7 Å². The molecule has 0 aromatic heterocycles. The minimum absolute atomic E-state index is 0.0625. The molecule has 5 heteroatoms. The van der Waals surface area contributed by atoms with Gasteiger partial charge in [-0.3, -0.25) is 4.79 Å². The van der Waals surface area contributed by atoms with Crippen LogP contribution in [0.3, 0.4) is 0 Å². The summed E-state index contributed by atoms with van der Waals surface area (Å²) in [5, 5.41) is 3.57. The quantitative estimate of drug-likeness (QED) is 0.589. The van der Waals surface area contributed by atoms with Gasteiger partial charge in [-0.1, -0.05) is 12.1 Å². The molecule has 1 aliphatic carbocycles. The van der Waals surface area contributed by atoms with Crippen molar-refractivity contribution in [3.63, 3.8) is 0 Å². The van der Waals surface area contributed by atoms with E-state index >= 15 is 0 Å². The Labute approximate surface area is 138 Å². The van der Waals surface area contributed by atoms with E-state index in [2.05, 4.69) is 17.4 Å². The number of ether oxygens (including phenoxy) is 3. The minimum atomic E-state index is -0.0625. The number of methoxy groups -OCH3 is 2. The van der Waals surface area contributed by atoms with E-state index in [1.165, 1.54) is 12.7 Å². The molecule has 0 atom stereocenters. The Balaban J connectivity index is 1.69. The Hall–Kier alpha value is -1.59. The highest BCUT2D eigenvalue weighted by Crippen LogP contribution is 2.25. The molecule has 23 heavy (non-hydrogen) atoms. The fraction of sp³-hybridized carbons (Fsp3) is 0.611. The molecule has 1 aliphatic rings. The van der Waals surface area contributed by atoms with Gasteiger partial charge in [0.2, 0.25) is 0 Å². The van der Waals surface area contributed by atoms with Crippen molar-refractivity contribution in [1.29, 1.82) is 0 Å². The maximum atomic E-state index is 11.5. The lowest BCUT2D eigenvalue weighted by Gasteiger charge is -2.27. The van der Waals surface area contributed by atoms with Crippen LogP contribution in [0, 0.1) is 5.92 Å². The van der Waals surface area contributed by atoms with E-state index in [1.807, 2.05) is 12.1 Å². The summed E-state index contributed by atoms with van der Waals surface area (Å²) in [6.07, 6.45) is 3.88. The van der Waals surface area contributed by atoms with Gasteiger partial charge in [-0.15, -0.1) is 0 Å². The van der Waals surface area contributed by atoms with E-state index in [0.29, 0.717) is 19.3 Å². The second-order valence-corrected chi connectivity index (χ2v) is 5.94. The average molecular weight is 321 g/mol. The van der Waals surface area contributed by atoms with Crippen LogP contribution in [0.4, 0.5) is 0 Å². The van der Waals surface area contributed by atoms with E-state index in [1.54, 1.807) is 7.11 Å². The summed E-state index contributed by atoms with van der Waals surface area (Å²) < 4.78 is 15.3. The summed E-state index contributed by atoms with van der Waals surface area (Å²) in [5.41, 5.74) is 1.24. The van der Waals surface area contributed by atoms with Gasteiger partial charge in [-0.2, -0.15) is 0 Å². The average Bonchev–Trinajstić information content (AvgIpc) is 2.61. The van der Waals surface area contributed by atoms with Crippen molar-refractivity contribution in [3.8, 4) is 5.75 Å². The number of hydrogen-bond acceptors (Lipinski definition) is 5. The zero-order chi connectivity index (χ0) is 16.5. The van der Waals surface area contributed by atoms with Gasteiger partial charge in [-0.05, 0) is 43.4 Å². The van der Waals surface area contributed by atoms with Crippen molar-refractivity contribution in [1.82, 2.24) is 5.32 Å². The number of benzene rings is 1. The molecule has 1 N–H and O–H groups in total. The molecule has 2 rings (SSSR count). The summed E-state index contributed by atoms with van der Waals surface area (Å²) in [5.74, 6) is 0.887. The lowest BCUT2D eigenvalue weighted by molar-refractivity contribution is -0.146. The Morgan fingerprint density at radius 3 is 2.39 bits per heavy atom. The van der Waals surface area contributed by atoms with E-state index < -0.39 is 0 Å². The first-order valence-electron chi connectivity index (χ1n) is 8.25. The fourth-order valence-corrected chi connectivity index (χ4v) is 2.91. The molecule has 0 unspecified atom stereocenters. The molecule has 1 aromatic carbocycles. The molecule has 0 heterocycles. The second-order valence-electron chi connectivity index (χ2n) is 5.94. The molecule has 1 fully saturated rings. The van der Waals surface area contributed by atoms with Crippen LogP contribution < -0.4 is 10.1 Å². The highest BCUT2D eigenvalue weighted by molar-refractivity contribution is 5.72. The molecule has 0 saturated heterocycles. The zero-order valence-electron chi connectivity index (χ0n) is 14.0. The van der Waals surface area contributed by atoms with Crippen molar-refractivity contribution in [3.05, 3.63) is 29.8 Å². The third-order valence-corrected chi connectivity index (χ3v) is 4.34. The van der Waals surface area contributed by atoms with E-state index in [-0.39, 0.29) is 11.9 Å². The van der Waals surface area contributed by atoms with Gasteiger partial charge in [0.1, 0.15) is 12.4 Å². The Kier molecular flexibility index (Phi) is 7.36. The van der Waals surface area contributed by atoms with E-state index in [0.717, 1.165) is 38.0 Å². The van der Waals surface area contributed by atoms with Gasteiger partial charge in [0.25, 0.3) is 0 Å². The van der Waals surface area contributed by atoms with Crippen molar-refractivity contribution in [2.45, 2.75) is 38.3 Å². The molecule has 0 aliphatic heterocycles. The minimum Gasteiger partial charge on any atom is -0.491 e. The number of carbonyl (C=O) groups is 1. The first-order valence-corrected chi connectivity index (χ1v) is 8.25. The predicted molar refractivity (Wildman–Crippen MR) is 88.4 cm³/mol. The van der Waals surface area contributed by atoms with Crippen LogP contribution >= 0.6 is 0 Å². The third kappa shape index (κ3) is 5.84. The number of hydrogen-bond donors (Lipinski definition) is 1. The highest BCUT2D eigenvalue weighted by Gasteiger charge is 2.26. The molecule has 0 spiro atoms. The topological polar surface area (TPSA) is 56.8 Å². The number of rotatable bonds is 8. The van der Waals surface area contributed by atoms with Crippen LogP contribution in [0.5, 0.6) is 5.75 Å². The van der Waals surface area contributed by atoms with Gasteiger partial charge in [0.05, 0.1) is 19.6 Å². The van der Waals surface area contributed by atoms with Gasteiger partial charge >= 0.3 is 5.97 Å². The van der Waals surface area contributed by atoms with Gasteiger partial charge in [-0.25, -0.2) is 0 Å². The zero-order valence-corrected chi connectivity index (χ0v) is 14.0. The summed E-state index contributed by atoms with van der Waals surface area (Å²) in [6, 6.07) is 8.61. The summed E-state index contributed by atoms with van der Waals surface area (Å²) in [7, 11) is 3.13. The lowest BCUT2D eigenvalue weighted by atomic mass is 9.86. The second kappa shape index (κ2) is 9.53. The lowest BCUT2D eigenvalue weighted by Crippen LogP contribution is -2.34. The molecule has 0 bridgehead atoms. The van der Waals surface area contributed by atoms with Crippen molar-refractivity contribution in [2.24, 2.45) is 5.92 Å². The van der Waals surface area contributed by atoms with Crippen LogP contribution in [-0.2, 0) is 20.8 Å². The van der Waals surface area contributed by atoms with Crippen LogP contribution in [0.15, 0.2) is 24.3 Å². The van der Waals surface area contributed by atoms with E-state index in [4.69, 9.17) is 14.2 Å². The summed E-state index contributed by atoms with van der Waals surface area (Å²) in [4.78, 5) is 11.5. The normalized spacial score (nSPS) is 21.0. The Morgan fingerprint density at radius 2 is 1.78 bits per heavy atom. The van der Waals surface area contributed by atoms with Crippen LogP contribution in [0.1, 0.15) is 31.2 Å². The van der Waals surface area contributed by atoms with Crippen LogP contribution in [-0.4, -0.2) is 39.4 Å². The SMILES string of the molecule is COCCOc1ccc(CNC2CCC(C(=O)OC)CC2)cc1. The van der Waals surface area contributed by atoms with Crippen molar-refractivity contribution in [2.75, 3.05) is 27.4 Å². The van der Waals surface area contributed by atoms with Crippen LogP contribution in [0.25, 0.3) is 0 Å².